The van der Waals surface area contributed by atoms with Gasteiger partial charge in [0.25, 0.3) is 0 Å². The second kappa shape index (κ2) is 4.14. The van der Waals surface area contributed by atoms with Crippen molar-refractivity contribution in [1.29, 1.82) is 5.26 Å². The van der Waals surface area contributed by atoms with Crippen LogP contribution in [-0.4, -0.2) is 11.6 Å². The molecule has 0 aliphatic carbocycles. The first kappa shape index (κ1) is 9.86. The van der Waals surface area contributed by atoms with Crippen LogP contribution in [0.3, 0.4) is 0 Å². The SMILES string of the molecule is N#Cc1c(OC(F)F)ccnc1Br. The number of hydrogen-bond donors (Lipinski definition) is 0. The molecule has 0 amide bonds. The maximum Gasteiger partial charge on any atom is 0.387 e. The molecule has 0 saturated heterocycles. The summed E-state index contributed by atoms with van der Waals surface area (Å²) >= 11 is 2.94. The van der Waals surface area contributed by atoms with E-state index in [1.807, 2.05) is 0 Å². The van der Waals surface area contributed by atoms with Crippen LogP contribution in [0.15, 0.2) is 16.9 Å². The van der Waals surface area contributed by atoms with Gasteiger partial charge in [0, 0.05) is 12.3 Å². The first-order valence-corrected chi connectivity index (χ1v) is 3.94. The summed E-state index contributed by atoms with van der Waals surface area (Å²) in [6, 6.07) is 2.91. The summed E-state index contributed by atoms with van der Waals surface area (Å²) in [7, 11) is 0. The van der Waals surface area contributed by atoms with Gasteiger partial charge in [-0.3, -0.25) is 0 Å². The smallest absolute Gasteiger partial charge is 0.387 e. The van der Waals surface area contributed by atoms with E-state index in [-0.39, 0.29) is 15.9 Å². The molecule has 0 atom stereocenters. The number of nitrogens with zero attached hydrogens (tertiary/aromatic N) is 2. The summed E-state index contributed by atoms with van der Waals surface area (Å²) in [6.07, 6.45) is 1.27. The van der Waals surface area contributed by atoms with E-state index in [9.17, 15) is 8.78 Å². The van der Waals surface area contributed by atoms with E-state index in [1.165, 1.54) is 12.3 Å². The minimum Gasteiger partial charge on any atom is -0.433 e. The molecular formula is C7H3BrF2N2O. The quantitative estimate of drug-likeness (QED) is 0.755. The number of aromatic nitrogens is 1. The summed E-state index contributed by atoms with van der Waals surface area (Å²) in [5.74, 6) is -0.181. The van der Waals surface area contributed by atoms with E-state index in [4.69, 9.17) is 5.26 Å². The summed E-state index contributed by atoms with van der Waals surface area (Å²) in [5, 5.41) is 8.57. The molecule has 1 aromatic heterocycles. The molecule has 0 spiro atoms. The minimum absolute atomic E-state index is 0.0391. The fraction of sp³-hybridized carbons (Fsp3) is 0.143. The summed E-state index contributed by atoms with van der Waals surface area (Å²) in [4.78, 5) is 3.69. The number of pyridine rings is 1. The maximum atomic E-state index is 11.8. The first-order chi connectivity index (χ1) is 6.15. The largest absolute Gasteiger partial charge is 0.433 e. The zero-order valence-electron chi connectivity index (χ0n) is 6.17. The van der Waals surface area contributed by atoms with Crippen molar-refractivity contribution in [3.63, 3.8) is 0 Å². The molecule has 0 saturated carbocycles. The molecule has 13 heavy (non-hydrogen) atoms. The molecule has 0 N–H and O–H groups in total. The Hall–Kier alpha value is -1.22. The zero-order valence-corrected chi connectivity index (χ0v) is 7.75. The second-order valence-corrected chi connectivity index (χ2v) is 2.72. The van der Waals surface area contributed by atoms with Crippen LogP contribution >= 0.6 is 15.9 Å². The Morgan fingerprint density at radius 3 is 2.85 bits per heavy atom. The number of nitriles is 1. The molecule has 0 bridgehead atoms. The lowest BCUT2D eigenvalue weighted by atomic mass is 10.3. The molecule has 1 rings (SSSR count). The van der Waals surface area contributed by atoms with Crippen LogP contribution in [0.1, 0.15) is 5.56 Å². The lowest BCUT2D eigenvalue weighted by Gasteiger charge is -2.05. The van der Waals surface area contributed by atoms with Crippen molar-refractivity contribution in [2.45, 2.75) is 6.61 Å². The predicted octanol–water partition coefficient (Wildman–Crippen LogP) is 2.32. The van der Waals surface area contributed by atoms with Gasteiger partial charge in [0.15, 0.2) is 0 Å². The molecule has 0 aliphatic heterocycles. The highest BCUT2D eigenvalue weighted by Crippen LogP contribution is 2.24. The molecule has 0 aliphatic rings. The Morgan fingerprint density at radius 2 is 2.31 bits per heavy atom. The van der Waals surface area contributed by atoms with Gasteiger partial charge in [-0.15, -0.1) is 0 Å². The number of hydrogen-bond acceptors (Lipinski definition) is 3. The molecule has 0 fully saturated rings. The average Bonchev–Trinajstić information content (AvgIpc) is 2.03. The third-order valence-corrected chi connectivity index (χ3v) is 1.80. The molecule has 0 aromatic carbocycles. The summed E-state index contributed by atoms with van der Waals surface area (Å²) in [6.45, 7) is -2.94. The van der Waals surface area contributed by atoms with Gasteiger partial charge in [-0.05, 0) is 15.9 Å². The van der Waals surface area contributed by atoms with Gasteiger partial charge in [-0.25, -0.2) is 4.98 Å². The van der Waals surface area contributed by atoms with Gasteiger partial charge in [-0.1, -0.05) is 0 Å². The lowest BCUT2D eigenvalue weighted by Crippen LogP contribution is -2.04. The Morgan fingerprint density at radius 1 is 1.62 bits per heavy atom. The Bertz CT molecular complexity index is 351. The molecular weight excluding hydrogens is 246 g/mol. The van der Waals surface area contributed by atoms with Gasteiger partial charge in [0.2, 0.25) is 0 Å². The van der Waals surface area contributed by atoms with Gasteiger partial charge in [0.1, 0.15) is 22.0 Å². The van der Waals surface area contributed by atoms with Gasteiger partial charge >= 0.3 is 6.61 Å². The van der Waals surface area contributed by atoms with Crippen LogP contribution in [0, 0.1) is 11.3 Å². The fourth-order valence-corrected chi connectivity index (χ4v) is 1.12. The van der Waals surface area contributed by atoms with Crippen LogP contribution < -0.4 is 4.74 Å². The van der Waals surface area contributed by atoms with E-state index in [2.05, 4.69) is 25.7 Å². The van der Waals surface area contributed by atoms with E-state index in [1.54, 1.807) is 6.07 Å². The van der Waals surface area contributed by atoms with Crippen molar-refractivity contribution in [3.05, 3.63) is 22.4 Å². The highest BCUT2D eigenvalue weighted by Gasteiger charge is 2.12. The molecule has 0 unspecified atom stereocenters. The van der Waals surface area contributed by atoms with Crippen LogP contribution in [-0.2, 0) is 0 Å². The summed E-state index contributed by atoms with van der Waals surface area (Å²) < 4.78 is 27.9. The lowest BCUT2D eigenvalue weighted by molar-refractivity contribution is -0.0501. The minimum atomic E-state index is -2.94. The van der Waals surface area contributed by atoms with Crippen molar-refractivity contribution < 1.29 is 13.5 Å². The van der Waals surface area contributed by atoms with Crippen LogP contribution in [0.5, 0.6) is 5.75 Å². The third-order valence-electron chi connectivity index (χ3n) is 1.19. The highest BCUT2D eigenvalue weighted by atomic mass is 79.9. The topological polar surface area (TPSA) is 45.9 Å². The Kier molecular flexibility index (Phi) is 3.14. The van der Waals surface area contributed by atoms with Crippen LogP contribution in [0.4, 0.5) is 8.78 Å². The highest BCUT2D eigenvalue weighted by molar-refractivity contribution is 9.10. The fourth-order valence-electron chi connectivity index (χ4n) is 0.715. The number of alkyl halides is 2. The van der Waals surface area contributed by atoms with Crippen molar-refractivity contribution >= 4 is 15.9 Å². The Labute approximate surface area is 81.1 Å². The number of ether oxygens (including phenoxy) is 1. The normalized spacial score (nSPS) is 9.77. The van der Waals surface area contributed by atoms with E-state index >= 15 is 0 Å². The van der Waals surface area contributed by atoms with Crippen LogP contribution in [0.25, 0.3) is 0 Å². The number of rotatable bonds is 2. The van der Waals surface area contributed by atoms with E-state index in [0.717, 1.165) is 0 Å². The molecule has 6 heteroatoms. The van der Waals surface area contributed by atoms with Gasteiger partial charge < -0.3 is 4.74 Å². The Balaban J connectivity index is 3.07. The monoisotopic (exact) mass is 248 g/mol. The van der Waals surface area contributed by atoms with Crippen molar-refractivity contribution in [2.24, 2.45) is 0 Å². The number of halogens is 3. The van der Waals surface area contributed by atoms with Gasteiger partial charge in [0.05, 0.1) is 0 Å². The van der Waals surface area contributed by atoms with E-state index < -0.39 is 6.61 Å². The standard InChI is InChI=1S/C7H3BrF2N2O/c8-6-4(3-11)5(1-2-12-6)13-7(9)10/h1-2,7H. The molecule has 1 heterocycles. The predicted molar refractivity (Wildman–Crippen MR) is 43.3 cm³/mol. The van der Waals surface area contributed by atoms with Crippen molar-refractivity contribution in [2.75, 3.05) is 0 Å². The second-order valence-electron chi connectivity index (χ2n) is 1.97. The van der Waals surface area contributed by atoms with Gasteiger partial charge in [-0.2, -0.15) is 14.0 Å². The third kappa shape index (κ3) is 2.36. The van der Waals surface area contributed by atoms with E-state index in [0.29, 0.717) is 0 Å². The zero-order chi connectivity index (χ0) is 9.84. The molecule has 0 radical (unpaired) electrons. The first-order valence-electron chi connectivity index (χ1n) is 3.14. The summed E-state index contributed by atoms with van der Waals surface area (Å²) in [5.41, 5.74) is -0.0391. The molecule has 3 nitrogen and oxygen atoms in total. The van der Waals surface area contributed by atoms with Crippen molar-refractivity contribution in [3.8, 4) is 11.8 Å². The van der Waals surface area contributed by atoms with Crippen LogP contribution in [0.2, 0.25) is 0 Å². The van der Waals surface area contributed by atoms with Crippen molar-refractivity contribution in [1.82, 2.24) is 4.98 Å². The maximum absolute atomic E-state index is 11.8. The average molecular weight is 249 g/mol. The molecule has 1 aromatic rings. The molecule has 68 valence electrons.